The minimum absolute atomic E-state index is 0.246. The maximum atomic E-state index is 12.3. The Bertz CT molecular complexity index is 815. The van der Waals surface area contributed by atoms with E-state index in [0.29, 0.717) is 33.7 Å². The Morgan fingerprint density at radius 3 is 2.54 bits per heavy atom. The normalized spacial score (nSPS) is 10.5. The topological polar surface area (TPSA) is 59.5 Å². The number of hydrogen-bond donors (Lipinski definition) is 0. The summed E-state index contributed by atoms with van der Waals surface area (Å²) in [6.45, 7) is 9.95. The summed E-state index contributed by atoms with van der Waals surface area (Å²) < 4.78 is 5.19. The van der Waals surface area contributed by atoms with Crippen molar-refractivity contribution in [2.45, 2.75) is 20.8 Å². The quantitative estimate of drug-likeness (QED) is 0.519. The molecule has 0 N–H and O–H groups in total. The van der Waals surface area contributed by atoms with Crippen molar-refractivity contribution >= 4 is 34.8 Å². The van der Waals surface area contributed by atoms with Crippen LogP contribution in [0.2, 0.25) is 5.02 Å². The predicted molar refractivity (Wildman–Crippen MR) is 105 cm³/mol. The first-order valence-corrected chi connectivity index (χ1v) is 9.34. The number of likely N-dealkylation sites (N-methyl/N-ethyl adjacent to an activating group) is 1. The fraction of sp³-hybridized carbons (Fsp3) is 0.316. The van der Waals surface area contributed by atoms with Gasteiger partial charge in [-0.1, -0.05) is 35.9 Å². The van der Waals surface area contributed by atoms with Gasteiger partial charge in [-0.3, -0.25) is 4.79 Å². The number of benzene rings is 1. The molecule has 7 heteroatoms. The Balaban J connectivity index is 2.05. The smallest absolute Gasteiger partial charge is 0.350 e. The summed E-state index contributed by atoms with van der Waals surface area (Å²) in [5.41, 5.74) is 2.32. The number of aromatic nitrogens is 1. The highest BCUT2D eigenvalue weighted by atomic mass is 35.5. The highest BCUT2D eigenvalue weighted by Crippen LogP contribution is 2.29. The summed E-state index contributed by atoms with van der Waals surface area (Å²) in [7, 11) is 0. The van der Waals surface area contributed by atoms with E-state index in [1.165, 1.54) is 11.3 Å². The number of esters is 1. The van der Waals surface area contributed by atoms with Crippen LogP contribution in [-0.2, 0) is 9.53 Å². The van der Waals surface area contributed by atoms with E-state index in [1.807, 2.05) is 26.0 Å². The molecule has 26 heavy (non-hydrogen) atoms. The van der Waals surface area contributed by atoms with Crippen molar-refractivity contribution in [3.63, 3.8) is 0 Å². The van der Waals surface area contributed by atoms with Gasteiger partial charge in [-0.05, 0) is 32.9 Å². The predicted octanol–water partition coefficient (Wildman–Crippen LogP) is 4.35. The maximum Gasteiger partial charge on any atom is 0.350 e. The molecule has 2 aromatic rings. The maximum absolute atomic E-state index is 12.3. The summed E-state index contributed by atoms with van der Waals surface area (Å²) >= 11 is 7.13. The molecule has 1 heterocycles. The fourth-order valence-electron chi connectivity index (χ4n) is 2.29. The Labute approximate surface area is 162 Å². The molecule has 5 nitrogen and oxygen atoms in total. The zero-order valence-corrected chi connectivity index (χ0v) is 16.6. The van der Waals surface area contributed by atoms with Gasteiger partial charge in [0.1, 0.15) is 9.88 Å². The van der Waals surface area contributed by atoms with Crippen molar-refractivity contribution in [3.8, 4) is 10.6 Å². The van der Waals surface area contributed by atoms with E-state index in [2.05, 4.69) is 11.6 Å². The molecule has 0 aliphatic carbocycles. The first-order valence-electron chi connectivity index (χ1n) is 8.14. The Morgan fingerprint density at radius 1 is 1.31 bits per heavy atom. The van der Waals surface area contributed by atoms with Crippen LogP contribution in [0.5, 0.6) is 0 Å². The number of nitrogens with zero attached hydrogens (tertiary/aromatic N) is 2. The average Bonchev–Trinajstić information content (AvgIpc) is 2.99. The Morgan fingerprint density at radius 2 is 1.96 bits per heavy atom. The third-order valence-electron chi connectivity index (χ3n) is 3.60. The number of amides is 1. The summed E-state index contributed by atoms with van der Waals surface area (Å²) in [5.74, 6) is -0.788. The SMILES string of the molecule is C=C(C)CN(CC)C(=O)COC(=O)c1sc(-c2ccc(Cl)cc2)nc1C. The van der Waals surface area contributed by atoms with E-state index in [9.17, 15) is 9.59 Å². The lowest BCUT2D eigenvalue weighted by atomic mass is 10.2. The van der Waals surface area contributed by atoms with Crippen LogP contribution >= 0.6 is 22.9 Å². The number of ether oxygens (including phenoxy) is 1. The van der Waals surface area contributed by atoms with Crippen LogP contribution in [0, 0.1) is 6.92 Å². The fourth-order valence-corrected chi connectivity index (χ4v) is 3.38. The van der Waals surface area contributed by atoms with E-state index in [4.69, 9.17) is 16.3 Å². The second-order valence-corrected chi connectivity index (χ2v) is 7.32. The number of carbonyl (C=O) groups excluding carboxylic acids is 2. The lowest BCUT2D eigenvalue weighted by Gasteiger charge is -2.20. The van der Waals surface area contributed by atoms with Crippen LogP contribution in [0.1, 0.15) is 29.2 Å². The highest BCUT2D eigenvalue weighted by molar-refractivity contribution is 7.17. The van der Waals surface area contributed by atoms with Gasteiger partial charge in [-0.2, -0.15) is 0 Å². The highest BCUT2D eigenvalue weighted by Gasteiger charge is 2.20. The number of hydrogen-bond acceptors (Lipinski definition) is 5. The summed E-state index contributed by atoms with van der Waals surface area (Å²) in [6, 6.07) is 7.22. The molecule has 0 saturated carbocycles. The molecule has 1 aromatic heterocycles. The van der Waals surface area contributed by atoms with Crippen molar-refractivity contribution in [1.82, 2.24) is 9.88 Å². The zero-order chi connectivity index (χ0) is 19.3. The third kappa shape index (κ3) is 5.16. The molecule has 0 aliphatic rings. The Hall–Kier alpha value is -2.18. The Kier molecular flexibility index (Phi) is 6.94. The first kappa shape index (κ1) is 20.1. The molecular formula is C19H21ClN2O3S. The molecule has 0 atom stereocenters. The molecule has 0 fully saturated rings. The van der Waals surface area contributed by atoms with Crippen LogP contribution in [0.25, 0.3) is 10.6 Å². The minimum atomic E-state index is -0.542. The number of halogens is 1. The van der Waals surface area contributed by atoms with E-state index in [0.717, 1.165) is 11.1 Å². The number of rotatable bonds is 7. The van der Waals surface area contributed by atoms with Gasteiger partial charge in [-0.15, -0.1) is 11.3 Å². The molecule has 138 valence electrons. The van der Waals surface area contributed by atoms with Gasteiger partial charge in [0.15, 0.2) is 6.61 Å². The average molecular weight is 393 g/mol. The summed E-state index contributed by atoms with van der Waals surface area (Å²) in [4.78, 5) is 30.9. The van der Waals surface area contributed by atoms with Crippen molar-refractivity contribution in [2.24, 2.45) is 0 Å². The first-order chi connectivity index (χ1) is 12.3. The van der Waals surface area contributed by atoms with Gasteiger partial charge >= 0.3 is 5.97 Å². The second-order valence-electron chi connectivity index (χ2n) is 5.88. The second kappa shape index (κ2) is 8.96. The number of aryl methyl sites for hydroxylation is 1. The third-order valence-corrected chi connectivity index (χ3v) is 5.03. The minimum Gasteiger partial charge on any atom is -0.451 e. The molecule has 0 aliphatic heterocycles. The number of thiazole rings is 1. The zero-order valence-electron chi connectivity index (χ0n) is 15.0. The van der Waals surface area contributed by atoms with Crippen LogP contribution < -0.4 is 0 Å². The van der Waals surface area contributed by atoms with Gasteiger partial charge in [0.2, 0.25) is 0 Å². The number of carbonyl (C=O) groups is 2. The van der Waals surface area contributed by atoms with Gasteiger partial charge in [0.05, 0.1) is 5.69 Å². The van der Waals surface area contributed by atoms with Crippen LogP contribution in [0.15, 0.2) is 36.4 Å². The largest absolute Gasteiger partial charge is 0.451 e. The van der Waals surface area contributed by atoms with Crippen molar-refractivity contribution < 1.29 is 14.3 Å². The van der Waals surface area contributed by atoms with Crippen LogP contribution in [-0.4, -0.2) is 41.5 Å². The van der Waals surface area contributed by atoms with Crippen molar-refractivity contribution in [1.29, 1.82) is 0 Å². The van der Waals surface area contributed by atoms with E-state index in [1.54, 1.807) is 24.0 Å². The molecule has 1 aromatic carbocycles. The summed E-state index contributed by atoms with van der Waals surface area (Å²) in [6.07, 6.45) is 0. The lowest BCUT2D eigenvalue weighted by molar-refractivity contribution is -0.133. The molecular weight excluding hydrogens is 372 g/mol. The summed E-state index contributed by atoms with van der Waals surface area (Å²) in [5, 5.41) is 1.34. The molecule has 0 saturated heterocycles. The van der Waals surface area contributed by atoms with Gasteiger partial charge in [0, 0.05) is 23.7 Å². The van der Waals surface area contributed by atoms with Crippen LogP contribution in [0.4, 0.5) is 0 Å². The van der Waals surface area contributed by atoms with Gasteiger partial charge < -0.3 is 9.64 Å². The molecule has 0 bridgehead atoms. The molecule has 1 amide bonds. The molecule has 2 rings (SSSR count). The molecule has 0 unspecified atom stereocenters. The monoisotopic (exact) mass is 392 g/mol. The van der Waals surface area contributed by atoms with E-state index < -0.39 is 5.97 Å². The van der Waals surface area contributed by atoms with Crippen molar-refractivity contribution in [2.75, 3.05) is 19.7 Å². The molecule has 0 radical (unpaired) electrons. The molecule has 0 spiro atoms. The van der Waals surface area contributed by atoms with Crippen molar-refractivity contribution in [3.05, 3.63) is 52.0 Å². The van der Waals surface area contributed by atoms with Gasteiger partial charge in [-0.25, -0.2) is 9.78 Å². The van der Waals surface area contributed by atoms with E-state index in [-0.39, 0.29) is 12.5 Å². The standard InChI is InChI=1S/C19H21ClN2O3S/c1-5-22(10-12(2)3)16(23)11-25-19(24)17-13(4)21-18(26-17)14-6-8-15(20)9-7-14/h6-9H,2,5,10-11H2,1,3-4H3. The lowest BCUT2D eigenvalue weighted by Crippen LogP contribution is -2.35. The van der Waals surface area contributed by atoms with Crippen LogP contribution in [0.3, 0.4) is 0 Å². The van der Waals surface area contributed by atoms with Gasteiger partial charge in [0.25, 0.3) is 5.91 Å². The van der Waals surface area contributed by atoms with E-state index >= 15 is 0 Å².